The average molecular weight is 401 g/mol. The number of benzene rings is 1. The molecule has 11 heteroatoms. The molecule has 1 unspecified atom stereocenters. The number of esters is 1. The molecule has 0 aliphatic carbocycles. The minimum absolute atomic E-state index is 0.117. The molecule has 0 saturated carbocycles. The number of carbonyl (C=O) groups is 2. The third-order valence-electron chi connectivity index (χ3n) is 4.25. The Morgan fingerprint density at radius 1 is 1.38 bits per heavy atom. The Labute approximate surface area is 165 Å². The van der Waals surface area contributed by atoms with Crippen LogP contribution < -0.4 is 10.6 Å². The van der Waals surface area contributed by atoms with Gasteiger partial charge in [-0.3, -0.25) is 10.1 Å². The normalized spacial score (nSPS) is 15.2. The summed E-state index contributed by atoms with van der Waals surface area (Å²) >= 11 is 0. The number of nitrogens with one attached hydrogen (secondary N) is 2. The van der Waals surface area contributed by atoms with Gasteiger partial charge in [0.15, 0.2) is 0 Å². The molecule has 2 aromatic rings. The summed E-state index contributed by atoms with van der Waals surface area (Å²) in [6.07, 6.45) is 2.49. The smallest absolute Gasteiger partial charge is 0.407 e. The van der Waals surface area contributed by atoms with E-state index in [9.17, 15) is 19.7 Å². The lowest BCUT2D eigenvalue weighted by Gasteiger charge is -2.30. The molecule has 2 N–H and O–H groups in total. The number of amides is 1. The maximum absolute atomic E-state index is 12.8. The Morgan fingerprint density at radius 2 is 2.17 bits per heavy atom. The topological polar surface area (TPSA) is 138 Å². The molecule has 3 rings (SSSR count). The Balaban J connectivity index is 2.14. The molecule has 2 heterocycles. The Bertz CT molecular complexity index is 983. The molecule has 1 aromatic carbocycles. The number of imidazole rings is 1. The fourth-order valence-electron chi connectivity index (χ4n) is 3.03. The van der Waals surface area contributed by atoms with Gasteiger partial charge in [0.1, 0.15) is 6.61 Å². The first-order chi connectivity index (χ1) is 14.0. The summed E-state index contributed by atoms with van der Waals surface area (Å²) < 4.78 is 12.0. The molecule has 1 atom stereocenters. The summed E-state index contributed by atoms with van der Waals surface area (Å²) in [6.45, 7) is 1.55. The molecule has 0 radical (unpaired) electrons. The van der Waals surface area contributed by atoms with Crippen LogP contribution in [0.15, 0.2) is 47.9 Å². The molecular formula is C18H19N5O6. The van der Waals surface area contributed by atoms with Crippen molar-refractivity contribution in [1.82, 2.24) is 14.9 Å². The second-order valence-electron chi connectivity index (χ2n) is 5.98. The number of fused-ring (bicyclic) bond motifs is 1. The second-order valence-corrected chi connectivity index (χ2v) is 5.98. The van der Waals surface area contributed by atoms with E-state index < -0.39 is 23.0 Å². The number of aromatic nitrogens is 2. The van der Waals surface area contributed by atoms with Crippen molar-refractivity contribution < 1.29 is 24.0 Å². The number of hydrogen-bond donors (Lipinski definition) is 2. The standard InChI is InChI=1S/C18H19N5O6/c1-3-28-16(24)14-13(10-29-18(25)19-2)21-17-20-7-8-22(17)15(14)11-5-4-6-12(9-11)23(26)27/h4-9,15H,3,10H2,1-2H3,(H,19,25)(H,20,21). The molecule has 1 aromatic heterocycles. The van der Waals surface area contributed by atoms with Crippen molar-refractivity contribution in [3.05, 3.63) is 63.6 Å². The van der Waals surface area contributed by atoms with Crippen LogP contribution in [0.2, 0.25) is 0 Å². The van der Waals surface area contributed by atoms with Crippen molar-refractivity contribution in [3.63, 3.8) is 0 Å². The highest BCUT2D eigenvalue weighted by Crippen LogP contribution is 2.37. The zero-order valence-corrected chi connectivity index (χ0v) is 15.7. The summed E-state index contributed by atoms with van der Waals surface area (Å²) in [5.41, 5.74) is 0.818. The lowest BCUT2D eigenvalue weighted by molar-refractivity contribution is -0.384. The lowest BCUT2D eigenvalue weighted by atomic mass is 9.94. The van der Waals surface area contributed by atoms with Crippen LogP contribution in [0.3, 0.4) is 0 Å². The van der Waals surface area contributed by atoms with Gasteiger partial charge in [-0.05, 0) is 12.5 Å². The number of nitro groups is 1. The van der Waals surface area contributed by atoms with Gasteiger partial charge < -0.3 is 24.7 Å². The maximum Gasteiger partial charge on any atom is 0.407 e. The molecule has 1 aliphatic rings. The molecule has 0 spiro atoms. The van der Waals surface area contributed by atoms with E-state index in [1.165, 1.54) is 31.4 Å². The van der Waals surface area contributed by atoms with Crippen LogP contribution in [0.1, 0.15) is 18.5 Å². The fourth-order valence-corrected chi connectivity index (χ4v) is 3.03. The van der Waals surface area contributed by atoms with Crippen molar-refractivity contribution in [2.24, 2.45) is 0 Å². The summed E-state index contributed by atoms with van der Waals surface area (Å²) in [7, 11) is 1.41. The molecule has 29 heavy (non-hydrogen) atoms. The molecule has 0 fully saturated rings. The number of nitrogens with zero attached hydrogens (tertiary/aromatic N) is 3. The van der Waals surface area contributed by atoms with Gasteiger partial charge in [-0.1, -0.05) is 12.1 Å². The first-order valence-corrected chi connectivity index (χ1v) is 8.75. The van der Waals surface area contributed by atoms with E-state index in [1.807, 2.05) is 0 Å². The molecule has 0 saturated heterocycles. The zero-order valence-electron chi connectivity index (χ0n) is 15.7. The number of nitro benzene ring substituents is 1. The SMILES string of the molecule is CCOC(=O)C1=C(COC(=O)NC)Nc2nccn2C1c1cccc([N+](=O)[O-])c1. The van der Waals surface area contributed by atoms with Crippen LogP contribution in [-0.2, 0) is 14.3 Å². The van der Waals surface area contributed by atoms with E-state index >= 15 is 0 Å². The minimum Gasteiger partial charge on any atom is -0.463 e. The molecular weight excluding hydrogens is 382 g/mol. The largest absolute Gasteiger partial charge is 0.463 e. The minimum atomic E-state index is -0.754. The quantitative estimate of drug-likeness (QED) is 0.426. The predicted molar refractivity (Wildman–Crippen MR) is 101 cm³/mol. The zero-order chi connectivity index (χ0) is 21.0. The van der Waals surface area contributed by atoms with E-state index in [1.54, 1.807) is 23.8 Å². The fraction of sp³-hybridized carbons (Fsp3) is 0.278. The average Bonchev–Trinajstić information content (AvgIpc) is 3.19. The molecule has 11 nitrogen and oxygen atoms in total. The Kier molecular flexibility index (Phi) is 5.77. The summed E-state index contributed by atoms with van der Waals surface area (Å²) in [6, 6.07) is 5.20. The number of carbonyl (C=O) groups excluding carboxylic acids is 2. The molecule has 1 amide bonds. The van der Waals surface area contributed by atoms with Gasteiger partial charge in [0, 0.05) is 31.6 Å². The molecule has 152 valence electrons. The number of anilines is 1. The number of alkyl carbamates (subject to hydrolysis) is 1. The van der Waals surface area contributed by atoms with Crippen molar-refractivity contribution in [1.29, 1.82) is 0 Å². The monoisotopic (exact) mass is 401 g/mol. The predicted octanol–water partition coefficient (Wildman–Crippen LogP) is 1.98. The number of ether oxygens (including phenoxy) is 2. The van der Waals surface area contributed by atoms with Gasteiger partial charge in [0.05, 0.1) is 28.8 Å². The van der Waals surface area contributed by atoms with Crippen molar-refractivity contribution in [2.45, 2.75) is 13.0 Å². The number of rotatable bonds is 6. The highest BCUT2D eigenvalue weighted by Gasteiger charge is 2.35. The molecule has 1 aliphatic heterocycles. The van der Waals surface area contributed by atoms with Crippen LogP contribution in [0.25, 0.3) is 0 Å². The van der Waals surface area contributed by atoms with E-state index in [4.69, 9.17) is 9.47 Å². The number of hydrogen-bond acceptors (Lipinski definition) is 8. The molecule has 0 bridgehead atoms. The van der Waals surface area contributed by atoms with Crippen molar-refractivity contribution >= 4 is 23.7 Å². The summed E-state index contributed by atoms with van der Waals surface area (Å²) in [4.78, 5) is 39.3. The van der Waals surface area contributed by atoms with Crippen LogP contribution in [-0.4, -0.2) is 46.8 Å². The van der Waals surface area contributed by atoms with Gasteiger partial charge in [0.25, 0.3) is 5.69 Å². The maximum atomic E-state index is 12.8. The van der Waals surface area contributed by atoms with E-state index in [0.717, 1.165) is 0 Å². The summed E-state index contributed by atoms with van der Waals surface area (Å²) in [5.74, 6) is -0.239. The van der Waals surface area contributed by atoms with Crippen LogP contribution in [0.5, 0.6) is 0 Å². The van der Waals surface area contributed by atoms with Crippen LogP contribution in [0, 0.1) is 10.1 Å². The van der Waals surface area contributed by atoms with Crippen LogP contribution >= 0.6 is 0 Å². The van der Waals surface area contributed by atoms with Crippen molar-refractivity contribution in [2.75, 3.05) is 25.6 Å². The van der Waals surface area contributed by atoms with Gasteiger partial charge in [-0.15, -0.1) is 0 Å². The first kappa shape index (κ1) is 19.9. The highest BCUT2D eigenvalue weighted by atomic mass is 16.6. The third-order valence-corrected chi connectivity index (χ3v) is 4.25. The van der Waals surface area contributed by atoms with Gasteiger partial charge in [0.2, 0.25) is 5.95 Å². The summed E-state index contributed by atoms with van der Waals surface area (Å²) in [5, 5.41) is 16.5. The van der Waals surface area contributed by atoms with Crippen LogP contribution in [0.4, 0.5) is 16.4 Å². The van der Waals surface area contributed by atoms with E-state index in [-0.39, 0.29) is 30.2 Å². The highest BCUT2D eigenvalue weighted by molar-refractivity contribution is 5.92. The van der Waals surface area contributed by atoms with E-state index in [0.29, 0.717) is 11.5 Å². The van der Waals surface area contributed by atoms with E-state index in [2.05, 4.69) is 15.6 Å². The van der Waals surface area contributed by atoms with Gasteiger partial charge >= 0.3 is 12.1 Å². The third kappa shape index (κ3) is 4.03. The van der Waals surface area contributed by atoms with Gasteiger partial charge in [-0.2, -0.15) is 0 Å². The second kappa shape index (κ2) is 8.42. The van der Waals surface area contributed by atoms with Gasteiger partial charge in [-0.25, -0.2) is 14.6 Å². The Morgan fingerprint density at radius 3 is 2.86 bits per heavy atom. The Hall–Kier alpha value is -3.89. The first-order valence-electron chi connectivity index (χ1n) is 8.75. The lowest BCUT2D eigenvalue weighted by Crippen LogP contribution is -2.32. The number of non-ortho nitro benzene ring substituents is 1. The van der Waals surface area contributed by atoms with Crippen molar-refractivity contribution in [3.8, 4) is 0 Å².